The molecule has 0 unspecified atom stereocenters. The van der Waals surface area contributed by atoms with Crippen LogP contribution < -0.4 is 0 Å². The van der Waals surface area contributed by atoms with Crippen LogP contribution in [0.5, 0.6) is 0 Å². The molecule has 0 atom stereocenters. The summed E-state index contributed by atoms with van der Waals surface area (Å²) in [5.74, 6) is 0. The van der Waals surface area contributed by atoms with Gasteiger partial charge in [-0.25, -0.2) is 0 Å². The smallest absolute Gasteiger partial charge is 0.0547 e. The molecule has 9 aromatic carbocycles. The van der Waals surface area contributed by atoms with Gasteiger partial charge in [0.25, 0.3) is 0 Å². The zero-order chi connectivity index (χ0) is 37.9. The Morgan fingerprint density at radius 1 is 0.276 bits per heavy atom. The Bertz CT molecular complexity index is 3800. The summed E-state index contributed by atoms with van der Waals surface area (Å²) in [5, 5.41) is 10.3. The van der Waals surface area contributed by atoms with Crippen LogP contribution >= 0.6 is 22.7 Å². The number of rotatable bonds is 4. The van der Waals surface area contributed by atoms with Crippen molar-refractivity contribution in [1.29, 1.82) is 0 Å². The van der Waals surface area contributed by atoms with E-state index in [0.717, 1.165) is 0 Å². The van der Waals surface area contributed by atoms with Gasteiger partial charge in [0, 0.05) is 78.8 Å². The van der Waals surface area contributed by atoms with E-state index in [1.54, 1.807) is 0 Å². The van der Waals surface area contributed by atoms with E-state index in [2.05, 4.69) is 203 Å². The molecule has 13 rings (SSSR count). The number of hydrogen-bond acceptors (Lipinski definition) is 2. The van der Waals surface area contributed by atoms with Crippen LogP contribution in [0.4, 0.5) is 0 Å². The lowest BCUT2D eigenvalue weighted by molar-refractivity contribution is 1.18. The molecule has 0 saturated heterocycles. The molecule has 0 N–H and O–H groups in total. The van der Waals surface area contributed by atoms with Gasteiger partial charge in [0.1, 0.15) is 0 Å². The number of hydrogen-bond donors (Lipinski definition) is 0. The minimum Gasteiger partial charge on any atom is -0.309 e. The maximum absolute atomic E-state index is 2.48. The molecular formula is C54H32N2S2. The molecule has 13 aromatic rings. The van der Waals surface area contributed by atoms with E-state index in [-0.39, 0.29) is 0 Å². The van der Waals surface area contributed by atoms with E-state index in [4.69, 9.17) is 0 Å². The summed E-state index contributed by atoms with van der Waals surface area (Å²) < 4.78 is 10.2. The van der Waals surface area contributed by atoms with Crippen molar-refractivity contribution >= 4 is 107 Å². The normalized spacial score (nSPS) is 12.1. The fourth-order valence-electron chi connectivity index (χ4n) is 9.48. The lowest BCUT2D eigenvalue weighted by atomic mass is 9.99. The number of thiophene rings is 2. The Kier molecular flexibility index (Phi) is 6.79. The predicted molar refractivity (Wildman–Crippen MR) is 252 cm³/mol. The third-order valence-corrected chi connectivity index (χ3v) is 14.5. The molecule has 0 spiro atoms. The van der Waals surface area contributed by atoms with Gasteiger partial charge in [-0.15, -0.1) is 22.7 Å². The van der Waals surface area contributed by atoms with Crippen molar-refractivity contribution in [2.75, 3.05) is 0 Å². The van der Waals surface area contributed by atoms with Crippen LogP contribution in [0.25, 0.3) is 118 Å². The summed E-state index contributed by atoms with van der Waals surface area (Å²) in [6.07, 6.45) is 0. The van der Waals surface area contributed by atoms with Crippen molar-refractivity contribution in [1.82, 2.24) is 9.13 Å². The van der Waals surface area contributed by atoms with Gasteiger partial charge in [-0.05, 0) is 95.6 Å². The van der Waals surface area contributed by atoms with Gasteiger partial charge in [-0.3, -0.25) is 0 Å². The fraction of sp³-hybridized carbons (Fsp3) is 0. The summed E-state index contributed by atoms with van der Waals surface area (Å²) in [7, 11) is 0. The highest BCUT2D eigenvalue weighted by Gasteiger charge is 2.19. The maximum Gasteiger partial charge on any atom is 0.0547 e. The van der Waals surface area contributed by atoms with Crippen molar-refractivity contribution in [2.45, 2.75) is 0 Å². The Hall–Kier alpha value is -6.98. The molecule has 0 aliphatic rings. The maximum atomic E-state index is 2.48. The molecule has 270 valence electrons. The van der Waals surface area contributed by atoms with Crippen LogP contribution in [0.1, 0.15) is 0 Å². The van der Waals surface area contributed by atoms with E-state index in [0.29, 0.717) is 0 Å². The van der Waals surface area contributed by atoms with E-state index >= 15 is 0 Å². The number of nitrogens with zero attached hydrogens (tertiary/aromatic N) is 2. The standard InChI is InChI=1S/C54H32N2S2/c1-2-12-36(13-3-1)55-47-18-8-4-14-38(47)40-25-22-34(30-50(40)55)33-23-26-49-44(28-33)39-15-5-9-19-48(39)56(49)37-31-43(54-46(32-37)42-17-7-11-21-52(42)58-54)35-24-27-53-45(29-35)41-16-6-10-20-51(41)57-53/h1-32H. The average molecular weight is 773 g/mol. The second-order valence-electron chi connectivity index (χ2n) is 15.3. The molecule has 0 aliphatic carbocycles. The number of para-hydroxylation sites is 3. The molecule has 0 amide bonds. The van der Waals surface area contributed by atoms with E-state index in [9.17, 15) is 0 Å². The van der Waals surface area contributed by atoms with E-state index in [1.807, 2.05) is 22.7 Å². The first-order valence-electron chi connectivity index (χ1n) is 19.7. The summed E-state index contributed by atoms with van der Waals surface area (Å²) in [4.78, 5) is 0. The summed E-state index contributed by atoms with van der Waals surface area (Å²) in [6, 6.07) is 72.0. The van der Waals surface area contributed by atoms with Crippen molar-refractivity contribution in [2.24, 2.45) is 0 Å². The quantitative estimate of drug-likeness (QED) is 0.169. The monoisotopic (exact) mass is 772 g/mol. The highest BCUT2D eigenvalue weighted by atomic mass is 32.1. The first-order valence-corrected chi connectivity index (χ1v) is 21.4. The molecule has 0 radical (unpaired) electrons. The first kappa shape index (κ1) is 32.1. The Morgan fingerprint density at radius 3 is 1.60 bits per heavy atom. The number of benzene rings is 9. The average Bonchev–Trinajstić information content (AvgIpc) is 4.03. The van der Waals surface area contributed by atoms with Gasteiger partial charge in [0.2, 0.25) is 0 Å². The van der Waals surface area contributed by atoms with Gasteiger partial charge in [0.15, 0.2) is 0 Å². The van der Waals surface area contributed by atoms with Crippen molar-refractivity contribution in [3.8, 4) is 33.6 Å². The summed E-state index contributed by atoms with van der Waals surface area (Å²) in [5.41, 5.74) is 12.1. The third kappa shape index (κ3) is 4.64. The highest BCUT2D eigenvalue weighted by molar-refractivity contribution is 7.26. The molecule has 2 nitrogen and oxygen atoms in total. The largest absolute Gasteiger partial charge is 0.309 e. The third-order valence-electron chi connectivity index (χ3n) is 12.1. The number of fused-ring (bicyclic) bond motifs is 12. The van der Waals surface area contributed by atoms with E-state index in [1.165, 1.54) is 118 Å². The van der Waals surface area contributed by atoms with Gasteiger partial charge >= 0.3 is 0 Å². The summed E-state index contributed by atoms with van der Waals surface area (Å²) >= 11 is 3.77. The molecular weight excluding hydrogens is 741 g/mol. The first-order chi connectivity index (χ1) is 28.7. The Balaban J connectivity index is 1.04. The molecule has 4 heteroatoms. The van der Waals surface area contributed by atoms with Crippen molar-refractivity contribution in [3.63, 3.8) is 0 Å². The molecule has 0 bridgehead atoms. The molecule has 4 aromatic heterocycles. The minimum absolute atomic E-state index is 1.17. The van der Waals surface area contributed by atoms with E-state index < -0.39 is 0 Å². The van der Waals surface area contributed by atoms with Crippen LogP contribution in [0.3, 0.4) is 0 Å². The van der Waals surface area contributed by atoms with Crippen molar-refractivity contribution < 1.29 is 0 Å². The Morgan fingerprint density at radius 2 is 0.810 bits per heavy atom. The topological polar surface area (TPSA) is 9.86 Å². The fourth-order valence-corrected chi connectivity index (χ4v) is 11.8. The van der Waals surface area contributed by atoms with Crippen molar-refractivity contribution in [3.05, 3.63) is 194 Å². The summed E-state index contributed by atoms with van der Waals surface area (Å²) in [6.45, 7) is 0. The zero-order valence-corrected chi connectivity index (χ0v) is 32.8. The van der Waals surface area contributed by atoms with Gasteiger partial charge in [-0.1, -0.05) is 115 Å². The van der Waals surface area contributed by atoms with Crippen LogP contribution in [-0.4, -0.2) is 9.13 Å². The predicted octanol–water partition coefficient (Wildman–Crippen LogP) is 16.0. The molecule has 0 fully saturated rings. The molecule has 4 heterocycles. The number of aromatic nitrogens is 2. The molecule has 58 heavy (non-hydrogen) atoms. The highest BCUT2D eigenvalue weighted by Crippen LogP contribution is 2.45. The molecule has 0 saturated carbocycles. The van der Waals surface area contributed by atoms with Crippen LogP contribution in [0.2, 0.25) is 0 Å². The lowest BCUT2D eigenvalue weighted by Gasteiger charge is -2.13. The lowest BCUT2D eigenvalue weighted by Crippen LogP contribution is -1.95. The SMILES string of the molecule is c1ccc(-n2c3ccccc3c3ccc(-c4ccc5c(c4)c4ccccc4n5-c4cc(-c5ccc6sc7ccccc7c6c5)c5sc6ccccc6c5c4)cc32)cc1. The van der Waals surface area contributed by atoms with Crippen LogP contribution in [0, 0.1) is 0 Å². The van der Waals surface area contributed by atoms with Crippen LogP contribution in [0.15, 0.2) is 194 Å². The van der Waals surface area contributed by atoms with Gasteiger partial charge < -0.3 is 9.13 Å². The zero-order valence-electron chi connectivity index (χ0n) is 31.2. The minimum atomic E-state index is 1.17. The second kappa shape index (κ2) is 12.3. The van der Waals surface area contributed by atoms with Gasteiger partial charge in [0.05, 0.1) is 22.1 Å². The van der Waals surface area contributed by atoms with Gasteiger partial charge in [-0.2, -0.15) is 0 Å². The second-order valence-corrected chi connectivity index (χ2v) is 17.4. The van der Waals surface area contributed by atoms with Crippen LogP contribution in [-0.2, 0) is 0 Å². The Labute approximate surface area is 341 Å². The molecule has 0 aliphatic heterocycles.